The number of aromatic nitrogens is 3. The van der Waals surface area contributed by atoms with E-state index >= 15 is 0 Å². The van der Waals surface area contributed by atoms with Gasteiger partial charge in [-0.3, -0.25) is 9.78 Å². The van der Waals surface area contributed by atoms with Crippen molar-refractivity contribution in [2.45, 2.75) is 25.4 Å². The Morgan fingerprint density at radius 2 is 1.91 bits per heavy atom. The number of Topliss-reactive ketones (excluding diaryl/α,β-unsaturated/α-hetero) is 1. The molecule has 32 heavy (non-hydrogen) atoms. The summed E-state index contributed by atoms with van der Waals surface area (Å²) in [6, 6.07) is 15.6. The fraction of sp³-hybridized carbons (Fsp3) is 0.280. The molecule has 1 fully saturated rings. The first-order chi connectivity index (χ1) is 15.6. The average Bonchev–Trinajstić information content (AvgIpc) is 3.36. The van der Waals surface area contributed by atoms with E-state index in [0.29, 0.717) is 5.56 Å². The lowest BCUT2D eigenvalue weighted by Gasteiger charge is -2.29. The van der Waals surface area contributed by atoms with Gasteiger partial charge in [0, 0.05) is 41.5 Å². The molecule has 0 bridgehead atoms. The molecule has 0 N–H and O–H groups in total. The van der Waals surface area contributed by atoms with E-state index < -0.39 is 0 Å². The van der Waals surface area contributed by atoms with Gasteiger partial charge in [-0.15, -0.1) is 10.2 Å². The van der Waals surface area contributed by atoms with Gasteiger partial charge >= 0.3 is 0 Å². The summed E-state index contributed by atoms with van der Waals surface area (Å²) in [4.78, 5) is 19.6. The van der Waals surface area contributed by atoms with Crippen LogP contribution in [0.4, 0.5) is 0 Å². The van der Waals surface area contributed by atoms with Crippen molar-refractivity contribution in [1.82, 2.24) is 20.1 Å². The molecule has 162 valence electrons. The minimum atomic E-state index is 0.0444. The Hall–Kier alpha value is -3.16. The van der Waals surface area contributed by atoms with Gasteiger partial charge in [-0.25, -0.2) is 0 Å². The number of hydrogen-bond acceptors (Lipinski definition) is 7. The number of rotatable bonds is 6. The molecule has 7 heteroatoms. The molecule has 1 aliphatic heterocycles. The Bertz CT molecular complexity index is 1220. The molecule has 1 saturated heterocycles. The van der Waals surface area contributed by atoms with Gasteiger partial charge < -0.3 is 9.64 Å². The van der Waals surface area contributed by atoms with E-state index in [-0.39, 0.29) is 18.3 Å². The van der Waals surface area contributed by atoms with Crippen molar-refractivity contribution < 1.29 is 9.53 Å². The van der Waals surface area contributed by atoms with E-state index in [9.17, 15) is 4.79 Å². The molecule has 5 rings (SSSR count). The van der Waals surface area contributed by atoms with Crippen LogP contribution in [0.15, 0.2) is 60.2 Å². The topological polar surface area (TPSA) is 68.2 Å². The summed E-state index contributed by atoms with van der Waals surface area (Å²) in [5, 5.41) is 11.0. The number of piperidine rings is 1. The van der Waals surface area contributed by atoms with Gasteiger partial charge in [0.25, 0.3) is 0 Å². The number of nitrogens with zero attached hydrogens (tertiary/aromatic N) is 4. The Morgan fingerprint density at radius 1 is 1.09 bits per heavy atom. The van der Waals surface area contributed by atoms with Crippen molar-refractivity contribution in [3.05, 3.63) is 71.5 Å². The van der Waals surface area contributed by atoms with Crippen molar-refractivity contribution in [1.29, 1.82) is 0 Å². The summed E-state index contributed by atoms with van der Waals surface area (Å²) in [6.07, 6.45) is 4.39. The number of ether oxygens (including phenoxy) is 1. The first-order valence-corrected chi connectivity index (χ1v) is 11.7. The SMILES string of the molecule is CN1CCC(Oc2ccc(C(=O)Cc3cc4cc(-c5nncs5)ccc4cn3)cc2)CC1. The predicted octanol–water partition coefficient (Wildman–Crippen LogP) is 4.65. The molecule has 0 amide bonds. The molecule has 2 aromatic heterocycles. The van der Waals surface area contributed by atoms with Crippen molar-refractivity contribution in [2.24, 2.45) is 0 Å². The van der Waals surface area contributed by atoms with E-state index in [1.165, 1.54) is 11.3 Å². The summed E-state index contributed by atoms with van der Waals surface area (Å²) >= 11 is 1.50. The average molecular weight is 445 g/mol. The highest BCUT2D eigenvalue weighted by Gasteiger charge is 2.18. The summed E-state index contributed by atoms with van der Waals surface area (Å²) < 4.78 is 6.09. The van der Waals surface area contributed by atoms with E-state index in [2.05, 4.69) is 33.2 Å². The molecule has 0 aliphatic carbocycles. The maximum atomic E-state index is 12.8. The molecule has 3 heterocycles. The third-order valence-corrected chi connectivity index (χ3v) is 6.61. The van der Waals surface area contributed by atoms with E-state index in [1.54, 1.807) is 5.51 Å². The van der Waals surface area contributed by atoms with Crippen LogP contribution in [-0.4, -0.2) is 52.1 Å². The maximum Gasteiger partial charge on any atom is 0.168 e. The lowest BCUT2D eigenvalue weighted by molar-refractivity contribution is 0.0991. The van der Waals surface area contributed by atoms with Gasteiger partial charge in [0.05, 0.1) is 6.42 Å². The van der Waals surface area contributed by atoms with Crippen LogP contribution in [0.2, 0.25) is 0 Å². The zero-order valence-corrected chi connectivity index (χ0v) is 18.7. The molecule has 2 aromatic carbocycles. The van der Waals surface area contributed by atoms with Crippen LogP contribution in [0, 0.1) is 0 Å². The second-order valence-corrected chi connectivity index (χ2v) is 9.06. The molecule has 0 atom stereocenters. The Kier molecular flexibility index (Phi) is 5.92. The van der Waals surface area contributed by atoms with E-state index in [1.807, 2.05) is 48.7 Å². The minimum absolute atomic E-state index is 0.0444. The highest BCUT2D eigenvalue weighted by Crippen LogP contribution is 2.26. The van der Waals surface area contributed by atoms with Gasteiger partial charge in [0.1, 0.15) is 22.4 Å². The lowest BCUT2D eigenvalue weighted by Crippen LogP contribution is -2.35. The standard InChI is InChI=1S/C25H24N4O2S/c1-29-10-8-23(9-11-29)31-22-6-4-17(5-7-22)24(30)14-21-13-20-12-18(25-28-27-16-32-25)2-3-19(20)15-26-21/h2-7,12-13,15-16,23H,8-11,14H2,1H3. The zero-order valence-electron chi connectivity index (χ0n) is 17.9. The summed E-state index contributed by atoms with van der Waals surface area (Å²) in [5.41, 5.74) is 4.16. The first kappa shape index (κ1) is 20.7. The second-order valence-electron chi connectivity index (χ2n) is 8.23. The molecule has 6 nitrogen and oxygen atoms in total. The van der Waals surface area contributed by atoms with Crippen LogP contribution < -0.4 is 4.74 Å². The van der Waals surface area contributed by atoms with Gasteiger partial charge in [-0.1, -0.05) is 23.5 Å². The van der Waals surface area contributed by atoms with Crippen molar-refractivity contribution >= 4 is 27.9 Å². The molecule has 1 aliphatic rings. The van der Waals surface area contributed by atoms with Crippen molar-refractivity contribution in [3.8, 4) is 16.3 Å². The summed E-state index contributed by atoms with van der Waals surface area (Å²) in [7, 11) is 2.14. The highest BCUT2D eigenvalue weighted by atomic mass is 32.1. The predicted molar refractivity (Wildman–Crippen MR) is 126 cm³/mol. The quantitative estimate of drug-likeness (QED) is 0.403. The van der Waals surface area contributed by atoms with Crippen LogP contribution in [0.25, 0.3) is 21.3 Å². The Morgan fingerprint density at radius 3 is 2.66 bits per heavy atom. The summed E-state index contributed by atoms with van der Waals surface area (Å²) in [6.45, 7) is 2.12. The highest BCUT2D eigenvalue weighted by molar-refractivity contribution is 7.12. The molecule has 0 radical (unpaired) electrons. The molecule has 0 saturated carbocycles. The van der Waals surface area contributed by atoms with Crippen LogP contribution in [0.5, 0.6) is 5.75 Å². The fourth-order valence-corrected chi connectivity index (χ4v) is 4.55. The number of hydrogen-bond donors (Lipinski definition) is 0. The number of ketones is 1. The van der Waals surface area contributed by atoms with Gasteiger partial charge in [0.2, 0.25) is 0 Å². The number of fused-ring (bicyclic) bond motifs is 1. The number of carbonyl (C=O) groups is 1. The first-order valence-electron chi connectivity index (χ1n) is 10.8. The van der Waals surface area contributed by atoms with Crippen LogP contribution in [0.1, 0.15) is 28.9 Å². The third kappa shape index (κ3) is 4.69. The normalized spacial score (nSPS) is 15.2. The van der Waals surface area contributed by atoms with Crippen LogP contribution in [-0.2, 0) is 6.42 Å². The largest absolute Gasteiger partial charge is 0.490 e. The number of carbonyl (C=O) groups excluding carboxylic acids is 1. The lowest BCUT2D eigenvalue weighted by atomic mass is 10.0. The second kappa shape index (κ2) is 9.14. The van der Waals surface area contributed by atoms with Crippen LogP contribution >= 0.6 is 11.3 Å². The van der Waals surface area contributed by atoms with Crippen LogP contribution in [0.3, 0.4) is 0 Å². The van der Waals surface area contributed by atoms with Crippen molar-refractivity contribution in [3.63, 3.8) is 0 Å². The minimum Gasteiger partial charge on any atom is -0.490 e. The Labute approximate surface area is 190 Å². The number of pyridine rings is 1. The van der Waals surface area contributed by atoms with Crippen molar-refractivity contribution in [2.75, 3.05) is 20.1 Å². The van der Waals surface area contributed by atoms with Gasteiger partial charge in [0.15, 0.2) is 5.78 Å². The Balaban J connectivity index is 1.26. The molecule has 0 spiro atoms. The summed E-state index contributed by atoms with van der Waals surface area (Å²) in [5.74, 6) is 0.868. The zero-order chi connectivity index (χ0) is 21.9. The third-order valence-electron chi connectivity index (χ3n) is 5.87. The number of likely N-dealkylation sites (tertiary alicyclic amines) is 1. The molecular weight excluding hydrogens is 420 g/mol. The monoisotopic (exact) mass is 444 g/mol. The smallest absolute Gasteiger partial charge is 0.168 e. The maximum absolute atomic E-state index is 12.8. The molecule has 0 unspecified atom stereocenters. The molecule has 4 aromatic rings. The van der Waals surface area contributed by atoms with Gasteiger partial charge in [-0.05, 0) is 61.7 Å². The van der Waals surface area contributed by atoms with E-state index in [4.69, 9.17) is 4.74 Å². The molecular formula is C25H24N4O2S. The fourth-order valence-electron chi connectivity index (χ4n) is 4.00. The number of benzene rings is 2. The van der Waals surface area contributed by atoms with Gasteiger partial charge in [-0.2, -0.15) is 0 Å². The van der Waals surface area contributed by atoms with E-state index in [0.717, 1.165) is 58.7 Å².